The van der Waals surface area contributed by atoms with Crippen molar-refractivity contribution in [3.63, 3.8) is 0 Å². The summed E-state index contributed by atoms with van der Waals surface area (Å²) < 4.78 is 4.87. The van der Waals surface area contributed by atoms with Gasteiger partial charge in [-0.3, -0.25) is 4.79 Å². The second-order valence-corrected chi connectivity index (χ2v) is 6.37. The number of benzene rings is 1. The van der Waals surface area contributed by atoms with Crippen molar-refractivity contribution in [1.82, 2.24) is 5.32 Å². The Morgan fingerprint density at radius 2 is 2.12 bits per heavy atom. The van der Waals surface area contributed by atoms with Crippen molar-refractivity contribution in [2.45, 2.75) is 33.2 Å². The van der Waals surface area contributed by atoms with Crippen molar-refractivity contribution in [2.75, 3.05) is 6.61 Å². The summed E-state index contributed by atoms with van der Waals surface area (Å²) in [4.78, 5) is 23.5. The minimum atomic E-state index is -1.00. The number of esters is 1. The summed E-state index contributed by atoms with van der Waals surface area (Å²) in [5.74, 6) is -1.24. The Labute approximate surface area is 147 Å². The van der Waals surface area contributed by atoms with Crippen LogP contribution in [0.5, 0.6) is 0 Å². The zero-order valence-corrected chi connectivity index (χ0v) is 15.0. The fraction of sp³-hybridized carbons (Fsp3) is 0.389. The van der Waals surface area contributed by atoms with Gasteiger partial charge in [0.15, 0.2) is 6.61 Å². The molecular formula is C18H21ClN2O3. The molecule has 0 spiro atoms. The quantitative estimate of drug-likeness (QED) is 0.632. The predicted octanol–water partition coefficient (Wildman–Crippen LogP) is 3.26. The molecule has 128 valence electrons. The second kappa shape index (κ2) is 8.51. The van der Waals surface area contributed by atoms with E-state index in [0.29, 0.717) is 5.02 Å². The summed E-state index contributed by atoms with van der Waals surface area (Å²) in [5, 5.41) is 12.3. The van der Waals surface area contributed by atoms with Crippen molar-refractivity contribution in [3.05, 3.63) is 40.4 Å². The van der Waals surface area contributed by atoms with E-state index in [1.165, 1.54) is 6.08 Å². The average molecular weight is 349 g/mol. The van der Waals surface area contributed by atoms with Crippen LogP contribution in [0.2, 0.25) is 5.02 Å². The van der Waals surface area contributed by atoms with Crippen LogP contribution in [0.15, 0.2) is 24.3 Å². The van der Waals surface area contributed by atoms with Crippen molar-refractivity contribution in [2.24, 2.45) is 5.92 Å². The summed E-state index contributed by atoms with van der Waals surface area (Å²) in [6.07, 6.45) is 2.78. The van der Waals surface area contributed by atoms with E-state index in [2.05, 4.69) is 11.4 Å². The Hall–Kier alpha value is -2.32. The van der Waals surface area contributed by atoms with Gasteiger partial charge in [0.25, 0.3) is 5.91 Å². The van der Waals surface area contributed by atoms with E-state index in [1.54, 1.807) is 19.1 Å². The molecule has 1 atom stereocenters. The maximum Gasteiger partial charge on any atom is 0.331 e. The molecule has 0 aliphatic heterocycles. The molecule has 0 aromatic heterocycles. The molecule has 0 aliphatic carbocycles. The molecule has 1 amide bonds. The normalized spacial score (nSPS) is 13.4. The molecule has 1 N–H and O–H groups in total. The fourth-order valence-electron chi connectivity index (χ4n) is 1.69. The van der Waals surface area contributed by atoms with E-state index < -0.39 is 24.0 Å². The number of nitrogens with zero attached hydrogens (tertiary/aromatic N) is 1. The second-order valence-electron chi connectivity index (χ2n) is 5.97. The number of halogens is 1. The fourth-order valence-corrected chi connectivity index (χ4v) is 1.88. The van der Waals surface area contributed by atoms with Crippen LogP contribution in [0.25, 0.3) is 6.08 Å². The first-order valence-electron chi connectivity index (χ1n) is 7.51. The number of carbonyl (C=O) groups excluding carboxylic acids is 2. The number of hydrogen-bond donors (Lipinski definition) is 1. The topological polar surface area (TPSA) is 79.2 Å². The van der Waals surface area contributed by atoms with E-state index in [9.17, 15) is 9.59 Å². The summed E-state index contributed by atoms with van der Waals surface area (Å²) in [6.45, 7) is 6.71. The maximum absolute atomic E-state index is 11.8. The lowest BCUT2D eigenvalue weighted by molar-refractivity contribution is -0.144. The Bertz CT molecular complexity index is 692. The van der Waals surface area contributed by atoms with E-state index in [1.807, 2.05) is 32.9 Å². The highest BCUT2D eigenvalue weighted by Gasteiger charge is 2.30. The average Bonchev–Trinajstić information content (AvgIpc) is 2.53. The SMILES string of the molecule is Cc1ccc(/C=C/C(=O)OCC(=O)N[C@](C)(C#N)C(C)C)cc1Cl. The summed E-state index contributed by atoms with van der Waals surface area (Å²) in [6, 6.07) is 7.45. The molecular weight excluding hydrogens is 328 g/mol. The zero-order chi connectivity index (χ0) is 18.3. The van der Waals surface area contributed by atoms with Crippen molar-refractivity contribution < 1.29 is 14.3 Å². The van der Waals surface area contributed by atoms with Crippen LogP contribution < -0.4 is 5.32 Å². The molecule has 0 bridgehead atoms. The lowest BCUT2D eigenvalue weighted by atomic mass is 9.90. The first-order chi connectivity index (χ1) is 11.2. The molecule has 0 aliphatic rings. The van der Waals surface area contributed by atoms with Crippen LogP contribution in [0.3, 0.4) is 0 Å². The minimum absolute atomic E-state index is 0.0756. The predicted molar refractivity (Wildman–Crippen MR) is 93.2 cm³/mol. The number of aryl methyl sites for hydroxylation is 1. The van der Waals surface area contributed by atoms with E-state index in [-0.39, 0.29) is 5.92 Å². The molecule has 1 aromatic carbocycles. The number of rotatable bonds is 6. The van der Waals surface area contributed by atoms with Crippen molar-refractivity contribution in [3.8, 4) is 6.07 Å². The number of nitriles is 1. The summed E-state index contributed by atoms with van der Waals surface area (Å²) in [5.41, 5.74) is 0.695. The molecule has 6 heteroatoms. The maximum atomic E-state index is 11.8. The molecule has 0 saturated carbocycles. The monoisotopic (exact) mass is 348 g/mol. The standard InChI is InChI=1S/C18H21ClN2O3/c1-12(2)18(4,11-20)21-16(22)10-24-17(23)8-7-14-6-5-13(3)15(19)9-14/h5-9,12H,10H2,1-4H3,(H,21,22)/b8-7+/t18-/m1/s1. The molecule has 24 heavy (non-hydrogen) atoms. The molecule has 0 heterocycles. The molecule has 5 nitrogen and oxygen atoms in total. The van der Waals surface area contributed by atoms with Gasteiger partial charge in [0.05, 0.1) is 6.07 Å². The van der Waals surface area contributed by atoms with Gasteiger partial charge in [-0.15, -0.1) is 0 Å². The molecule has 0 saturated heterocycles. The third kappa shape index (κ3) is 5.71. The van der Waals surface area contributed by atoms with Gasteiger partial charge in [0.2, 0.25) is 0 Å². The van der Waals surface area contributed by atoms with E-state index >= 15 is 0 Å². The molecule has 0 radical (unpaired) electrons. The molecule has 1 aromatic rings. The Balaban J connectivity index is 2.54. The first-order valence-corrected chi connectivity index (χ1v) is 7.89. The summed E-state index contributed by atoms with van der Waals surface area (Å²) in [7, 11) is 0. The molecule has 0 fully saturated rings. The van der Waals surface area contributed by atoms with Gasteiger partial charge >= 0.3 is 5.97 Å². The number of ether oxygens (including phenoxy) is 1. The van der Waals surface area contributed by atoms with Gasteiger partial charge in [0, 0.05) is 11.1 Å². The molecule has 1 rings (SSSR count). The highest BCUT2D eigenvalue weighted by Crippen LogP contribution is 2.17. The lowest BCUT2D eigenvalue weighted by Gasteiger charge is -2.27. The van der Waals surface area contributed by atoms with Gasteiger partial charge in [-0.2, -0.15) is 5.26 Å². The van der Waals surface area contributed by atoms with Crippen LogP contribution in [0.4, 0.5) is 0 Å². The highest BCUT2D eigenvalue weighted by molar-refractivity contribution is 6.31. The van der Waals surface area contributed by atoms with E-state index in [4.69, 9.17) is 21.6 Å². The third-order valence-corrected chi connectivity index (χ3v) is 4.15. The van der Waals surface area contributed by atoms with Gasteiger partial charge in [-0.25, -0.2) is 4.79 Å². The van der Waals surface area contributed by atoms with Gasteiger partial charge in [-0.1, -0.05) is 37.6 Å². The largest absolute Gasteiger partial charge is 0.452 e. The Morgan fingerprint density at radius 3 is 2.67 bits per heavy atom. The lowest BCUT2D eigenvalue weighted by Crippen LogP contribution is -2.50. The van der Waals surface area contributed by atoms with E-state index in [0.717, 1.165) is 11.1 Å². The molecule has 0 unspecified atom stereocenters. The van der Waals surface area contributed by atoms with Crippen molar-refractivity contribution in [1.29, 1.82) is 5.26 Å². The Kier molecular flexibility index (Phi) is 6.99. The zero-order valence-electron chi connectivity index (χ0n) is 14.2. The summed E-state index contributed by atoms with van der Waals surface area (Å²) >= 11 is 6.00. The van der Waals surface area contributed by atoms with Gasteiger partial charge in [-0.05, 0) is 43.0 Å². The van der Waals surface area contributed by atoms with Gasteiger partial charge in [0.1, 0.15) is 5.54 Å². The number of amides is 1. The van der Waals surface area contributed by atoms with Crippen LogP contribution in [0.1, 0.15) is 31.9 Å². The van der Waals surface area contributed by atoms with Crippen LogP contribution in [-0.4, -0.2) is 24.0 Å². The number of carbonyl (C=O) groups is 2. The highest BCUT2D eigenvalue weighted by atomic mass is 35.5. The van der Waals surface area contributed by atoms with Gasteiger partial charge < -0.3 is 10.1 Å². The minimum Gasteiger partial charge on any atom is -0.452 e. The van der Waals surface area contributed by atoms with Crippen LogP contribution in [0, 0.1) is 24.2 Å². The smallest absolute Gasteiger partial charge is 0.331 e. The van der Waals surface area contributed by atoms with Crippen LogP contribution in [-0.2, 0) is 14.3 Å². The Morgan fingerprint density at radius 1 is 1.46 bits per heavy atom. The third-order valence-electron chi connectivity index (χ3n) is 3.74. The van der Waals surface area contributed by atoms with Crippen LogP contribution >= 0.6 is 11.6 Å². The van der Waals surface area contributed by atoms with Crippen molar-refractivity contribution >= 4 is 29.6 Å². The number of nitrogens with one attached hydrogen (secondary N) is 1. The first kappa shape index (κ1) is 19.7. The number of hydrogen-bond acceptors (Lipinski definition) is 4.